The summed E-state index contributed by atoms with van der Waals surface area (Å²) >= 11 is 0. The smallest absolute Gasteiger partial charge is 0.329 e. The van der Waals surface area contributed by atoms with Crippen LogP contribution in [0.15, 0.2) is 48.5 Å². The van der Waals surface area contributed by atoms with Crippen molar-refractivity contribution in [3.8, 4) is 11.1 Å². The number of rotatable bonds is 13. The van der Waals surface area contributed by atoms with E-state index in [-0.39, 0.29) is 60.0 Å². The van der Waals surface area contributed by atoms with Crippen LogP contribution in [0.2, 0.25) is 0 Å². The van der Waals surface area contributed by atoms with Crippen LogP contribution in [-0.2, 0) is 41.2 Å². The summed E-state index contributed by atoms with van der Waals surface area (Å²) in [6.07, 6.45) is -10.6. The third-order valence-corrected chi connectivity index (χ3v) is 9.51. The number of alkyl halides is 6. The lowest BCUT2D eigenvalue weighted by Crippen LogP contribution is -2.12. The summed E-state index contributed by atoms with van der Waals surface area (Å²) in [4.78, 5) is 13.9. The highest BCUT2D eigenvalue weighted by Crippen LogP contribution is 2.55. The molecule has 42 heavy (non-hydrogen) atoms. The normalized spacial score (nSPS) is 12.8. The summed E-state index contributed by atoms with van der Waals surface area (Å²) in [5.74, 6) is 0. The largest absolute Gasteiger partial charge is 0.416 e. The molecule has 0 saturated carbocycles. The van der Waals surface area contributed by atoms with E-state index < -0.39 is 56.7 Å². The minimum atomic E-state index is -5.08. The fourth-order valence-electron chi connectivity index (χ4n) is 4.35. The van der Waals surface area contributed by atoms with Gasteiger partial charge in [0.25, 0.3) is 0 Å². The zero-order valence-electron chi connectivity index (χ0n) is 23.3. The molecule has 14 heteroatoms. The van der Waals surface area contributed by atoms with Crippen molar-refractivity contribution >= 4 is 32.3 Å². The molecule has 0 bridgehead atoms. The highest BCUT2D eigenvalue weighted by Gasteiger charge is 2.38. The molecule has 230 valence electrons. The molecule has 0 N–H and O–H groups in total. The van der Waals surface area contributed by atoms with Crippen LogP contribution in [0.3, 0.4) is 0 Å². The van der Waals surface area contributed by atoms with Crippen molar-refractivity contribution in [2.75, 3.05) is 26.4 Å². The van der Waals surface area contributed by atoms with Gasteiger partial charge in [-0.3, -0.25) is 9.36 Å². The van der Waals surface area contributed by atoms with Gasteiger partial charge < -0.3 is 18.1 Å². The molecule has 0 aliphatic carbocycles. The van der Waals surface area contributed by atoms with Crippen molar-refractivity contribution in [1.29, 1.82) is 0 Å². The third-order valence-electron chi connectivity index (χ3n) is 5.95. The van der Waals surface area contributed by atoms with Crippen molar-refractivity contribution in [1.82, 2.24) is 0 Å². The van der Waals surface area contributed by atoms with Crippen LogP contribution < -0.4 is 0 Å². The average Bonchev–Trinajstić information content (AvgIpc) is 2.91. The van der Waals surface area contributed by atoms with Crippen molar-refractivity contribution < 1.29 is 53.8 Å². The summed E-state index contributed by atoms with van der Waals surface area (Å²) < 4.78 is 118. The predicted molar refractivity (Wildman–Crippen MR) is 148 cm³/mol. The molecule has 0 spiro atoms. The summed E-state index contributed by atoms with van der Waals surface area (Å²) in [5.41, 5.74) is -4.14. The quantitative estimate of drug-likeness (QED) is 0.137. The molecule has 3 rings (SSSR count). The maximum absolute atomic E-state index is 13.9. The van der Waals surface area contributed by atoms with Crippen LogP contribution in [0.4, 0.5) is 26.3 Å². The van der Waals surface area contributed by atoms with E-state index in [0.29, 0.717) is 12.1 Å². The van der Waals surface area contributed by atoms with Crippen LogP contribution in [0.25, 0.3) is 21.9 Å². The standard InChI is InChI=1S/C28H30F6O6P2/c1-5-37-41(38-6-2)26(35)24-16-23(18-13-19(27(29,30)31)15-20(14-18)28(32,33)34)21-11-9-10-12-22(21)25(24)17-42(36,39-7-3)40-8-4/h9-16H,5-8,17H2,1-4H3. The fraction of sp³-hybridized carbons (Fsp3) is 0.393. The predicted octanol–water partition coefficient (Wildman–Crippen LogP) is 9.84. The zero-order chi connectivity index (χ0) is 31.3. The van der Waals surface area contributed by atoms with Crippen molar-refractivity contribution in [2.24, 2.45) is 0 Å². The first-order valence-electron chi connectivity index (χ1n) is 13.0. The number of halogens is 6. The highest BCUT2D eigenvalue weighted by molar-refractivity contribution is 7.67. The molecule has 0 aromatic heterocycles. The monoisotopic (exact) mass is 638 g/mol. The summed E-state index contributed by atoms with van der Waals surface area (Å²) in [6.45, 7) is 6.69. The van der Waals surface area contributed by atoms with Gasteiger partial charge in [0.15, 0.2) is 0 Å². The molecule has 0 saturated heterocycles. The molecular formula is C28H30F6O6P2. The Kier molecular flexibility index (Phi) is 11.4. The third kappa shape index (κ3) is 7.98. The van der Waals surface area contributed by atoms with Crippen LogP contribution in [0, 0.1) is 0 Å². The van der Waals surface area contributed by atoms with Gasteiger partial charge in [-0.05, 0) is 79.4 Å². The van der Waals surface area contributed by atoms with Crippen LogP contribution >= 0.6 is 16.0 Å². The Balaban J connectivity index is 2.45. The molecule has 3 aromatic carbocycles. The Morgan fingerprint density at radius 2 is 1.26 bits per heavy atom. The number of benzene rings is 3. The lowest BCUT2D eigenvalue weighted by molar-refractivity contribution is -0.143. The highest BCUT2D eigenvalue weighted by atomic mass is 31.2. The van der Waals surface area contributed by atoms with Gasteiger partial charge >= 0.3 is 19.9 Å². The van der Waals surface area contributed by atoms with Gasteiger partial charge in [-0.25, -0.2) is 0 Å². The minimum absolute atomic E-state index is 0.0195. The van der Waals surface area contributed by atoms with Crippen molar-refractivity contribution in [3.63, 3.8) is 0 Å². The van der Waals surface area contributed by atoms with Crippen molar-refractivity contribution in [3.05, 3.63) is 70.8 Å². The molecule has 0 amide bonds. The van der Waals surface area contributed by atoms with Gasteiger partial charge in [-0.2, -0.15) is 26.3 Å². The topological polar surface area (TPSA) is 71.1 Å². The molecule has 0 aliphatic heterocycles. The second-order valence-corrected chi connectivity index (χ2v) is 12.3. The first-order chi connectivity index (χ1) is 19.7. The van der Waals surface area contributed by atoms with Gasteiger partial charge in [0, 0.05) is 5.56 Å². The van der Waals surface area contributed by atoms with Crippen LogP contribution in [-0.4, -0.2) is 32.0 Å². The first kappa shape index (κ1) is 34.2. The minimum Gasteiger partial charge on any atom is -0.329 e. The van der Waals surface area contributed by atoms with E-state index in [2.05, 4.69) is 0 Å². The lowest BCUT2D eigenvalue weighted by Gasteiger charge is -2.23. The summed E-state index contributed by atoms with van der Waals surface area (Å²) in [6, 6.07) is 8.60. The molecule has 0 atom stereocenters. The van der Waals surface area contributed by atoms with Crippen LogP contribution in [0.1, 0.15) is 54.7 Å². The van der Waals surface area contributed by atoms with E-state index >= 15 is 0 Å². The molecule has 0 fully saturated rings. The number of fused-ring (bicyclic) bond motifs is 1. The Hall–Kier alpha value is -2.33. The van der Waals surface area contributed by atoms with E-state index in [4.69, 9.17) is 18.1 Å². The molecule has 6 nitrogen and oxygen atoms in total. The summed E-state index contributed by atoms with van der Waals surface area (Å²) in [7, 11) is -6.07. The van der Waals surface area contributed by atoms with Crippen molar-refractivity contribution in [2.45, 2.75) is 46.2 Å². The van der Waals surface area contributed by atoms with Gasteiger partial charge in [0.05, 0.1) is 43.7 Å². The molecule has 0 aliphatic rings. The Bertz CT molecular complexity index is 1410. The van der Waals surface area contributed by atoms with Gasteiger partial charge in [-0.1, -0.05) is 24.3 Å². The number of carbonyl (C=O) groups is 1. The van der Waals surface area contributed by atoms with E-state index in [9.17, 15) is 35.7 Å². The van der Waals surface area contributed by atoms with Gasteiger partial charge in [0.2, 0.25) is 13.9 Å². The summed E-state index contributed by atoms with van der Waals surface area (Å²) in [5, 5.41) is 0.500. The number of hydrogen-bond donors (Lipinski definition) is 0. The molecule has 0 radical (unpaired) electrons. The Morgan fingerprint density at radius 1 is 0.762 bits per heavy atom. The van der Waals surface area contributed by atoms with Crippen LogP contribution in [0.5, 0.6) is 0 Å². The fourth-order valence-corrected chi connectivity index (χ4v) is 7.29. The molecule has 3 aromatic rings. The molecule has 0 unspecified atom stereocenters. The first-order valence-corrected chi connectivity index (χ1v) is 15.9. The second-order valence-electron chi connectivity index (χ2n) is 8.79. The second kappa shape index (κ2) is 14.0. The number of hydrogen-bond acceptors (Lipinski definition) is 6. The van der Waals surface area contributed by atoms with Gasteiger partial charge in [0.1, 0.15) is 0 Å². The number of carbonyl (C=O) groups excluding carboxylic acids is 1. The van der Waals surface area contributed by atoms with Gasteiger partial charge in [-0.15, -0.1) is 0 Å². The zero-order valence-corrected chi connectivity index (χ0v) is 25.1. The average molecular weight is 638 g/mol. The maximum atomic E-state index is 13.9. The van der Waals surface area contributed by atoms with E-state index in [1.807, 2.05) is 0 Å². The maximum Gasteiger partial charge on any atom is 0.416 e. The lowest BCUT2D eigenvalue weighted by atomic mass is 9.90. The van der Waals surface area contributed by atoms with E-state index in [1.165, 1.54) is 18.2 Å². The molecular weight excluding hydrogens is 608 g/mol. The van der Waals surface area contributed by atoms with E-state index in [1.54, 1.807) is 39.8 Å². The Labute approximate surface area is 240 Å². The Morgan fingerprint density at radius 3 is 1.71 bits per heavy atom. The van der Waals surface area contributed by atoms with E-state index in [0.717, 1.165) is 0 Å². The molecule has 0 heterocycles. The SMILES string of the molecule is CCOP(OCC)C(=O)c1cc(-c2cc(C(F)(F)F)cc(C(F)(F)F)c2)c2ccccc2c1CP(=O)(OCC)OCC.